The monoisotopic (exact) mass is 372 g/mol. The third-order valence-corrected chi connectivity index (χ3v) is 4.21. The van der Waals surface area contributed by atoms with Crippen molar-refractivity contribution < 1.29 is 13.2 Å². The second-order valence-electron chi connectivity index (χ2n) is 5.75. The molecular formula is C17H20ClF3N4. The molecule has 0 amide bonds. The van der Waals surface area contributed by atoms with Crippen LogP contribution in [0.15, 0.2) is 30.7 Å². The summed E-state index contributed by atoms with van der Waals surface area (Å²) in [6, 6.07) is 4.49. The minimum atomic E-state index is -4.48. The molecule has 4 nitrogen and oxygen atoms in total. The van der Waals surface area contributed by atoms with Crippen molar-refractivity contribution in [3.05, 3.63) is 46.9 Å². The van der Waals surface area contributed by atoms with Gasteiger partial charge in [0.25, 0.3) is 0 Å². The van der Waals surface area contributed by atoms with Gasteiger partial charge in [-0.1, -0.05) is 24.9 Å². The first-order chi connectivity index (χ1) is 11.8. The number of fused-ring (bicyclic) bond motifs is 2. The van der Waals surface area contributed by atoms with E-state index < -0.39 is 11.6 Å². The molecule has 0 fully saturated rings. The van der Waals surface area contributed by atoms with Crippen LogP contribution >= 0.6 is 11.6 Å². The molecule has 0 saturated heterocycles. The summed E-state index contributed by atoms with van der Waals surface area (Å²) in [5, 5.41) is 5.96. The summed E-state index contributed by atoms with van der Waals surface area (Å²) in [5.41, 5.74) is -1.61. The van der Waals surface area contributed by atoms with Gasteiger partial charge in [-0.2, -0.15) is 13.2 Å². The molecule has 2 heterocycles. The molecule has 0 aliphatic carbocycles. The summed E-state index contributed by atoms with van der Waals surface area (Å²) in [6.07, 6.45) is -1.74. The van der Waals surface area contributed by atoms with Crippen LogP contribution in [-0.2, 0) is 5.41 Å². The summed E-state index contributed by atoms with van der Waals surface area (Å²) >= 11 is 5.95. The van der Waals surface area contributed by atoms with E-state index in [9.17, 15) is 13.2 Å². The van der Waals surface area contributed by atoms with E-state index in [1.165, 1.54) is 18.6 Å². The van der Waals surface area contributed by atoms with Gasteiger partial charge in [0.1, 0.15) is 17.6 Å². The van der Waals surface area contributed by atoms with E-state index in [0.717, 1.165) is 0 Å². The van der Waals surface area contributed by atoms with Crippen molar-refractivity contribution in [2.24, 2.45) is 0 Å². The molecule has 0 saturated carbocycles. The quantitative estimate of drug-likeness (QED) is 0.804. The van der Waals surface area contributed by atoms with Gasteiger partial charge in [0.2, 0.25) is 0 Å². The number of nitrogens with one attached hydrogen (secondary N) is 2. The maximum absolute atomic E-state index is 14.1. The molecule has 136 valence electrons. The largest absolute Gasteiger partial charge is 0.402 e. The van der Waals surface area contributed by atoms with E-state index in [2.05, 4.69) is 20.6 Å². The maximum Gasteiger partial charge on any atom is 0.402 e. The molecule has 3 rings (SSSR count). The molecule has 2 aromatic rings. The fourth-order valence-electron chi connectivity index (χ4n) is 3.08. The zero-order chi connectivity index (χ0) is 18.7. The molecule has 0 radical (unpaired) electrons. The van der Waals surface area contributed by atoms with E-state index in [0.29, 0.717) is 12.1 Å². The molecule has 25 heavy (non-hydrogen) atoms. The first kappa shape index (κ1) is 19.5. The summed E-state index contributed by atoms with van der Waals surface area (Å²) in [4.78, 5) is 7.78. The second-order valence-corrected chi connectivity index (χ2v) is 6.19. The Morgan fingerprint density at radius 3 is 2.52 bits per heavy atom. The smallest absolute Gasteiger partial charge is 0.340 e. The lowest BCUT2D eigenvalue weighted by atomic mass is 9.69. The highest BCUT2D eigenvalue weighted by Crippen LogP contribution is 2.56. The summed E-state index contributed by atoms with van der Waals surface area (Å²) < 4.78 is 42.4. The molecule has 1 aromatic heterocycles. The number of hydrogen-bond donors (Lipinski definition) is 2. The highest BCUT2D eigenvalue weighted by molar-refractivity contribution is 6.30. The van der Waals surface area contributed by atoms with Gasteiger partial charge >= 0.3 is 6.18 Å². The Bertz CT molecular complexity index is 736. The van der Waals surface area contributed by atoms with Crippen LogP contribution in [0.5, 0.6) is 0 Å². The van der Waals surface area contributed by atoms with Crippen LogP contribution in [0.1, 0.15) is 30.9 Å². The number of aromatic nitrogens is 2. The number of hydrogen-bond acceptors (Lipinski definition) is 4. The van der Waals surface area contributed by atoms with Crippen LogP contribution in [0.3, 0.4) is 0 Å². The van der Waals surface area contributed by atoms with Crippen LogP contribution in [0.2, 0.25) is 5.02 Å². The third-order valence-electron chi connectivity index (χ3n) is 3.98. The Morgan fingerprint density at radius 2 is 1.92 bits per heavy atom. The second kappa shape index (κ2) is 7.58. The average Bonchev–Trinajstić information content (AvgIpc) is 2.55. The Kier molecular flexibility index (Phi) is 5.90. The van der Waals surface area contributed by atoms with E-state index in [1.54, 1.807) is 19.1 Å². The fourth-order valence-corrected chi connectivity index (χ4v) is 3.26. The van der Waals surface area contributed by atoms with Gasteiger partial charge in [0, 0.05) is 22.5 Å². The van der Waals surface area contributed by atoms with Crippen molar-refractivity contribution in [3.8, 4) is 0 Å². The van der Waals surface area contributed by atoms with Crippen molar-refractivity contribution in [1.82, 2.24) is 15.3 Å². The Hall–Kier alpha value is -1.86. The van der Waals surface area contributed by atoms with E-state index in [1.807, 2.05) is 14.1 Å². The van der Waals surface area contributed by atoms with Crippen LogP contribution in [0.4, 0.5) is 24.7 Å². The zero-order valence-electron chi connectivity index (χ0n) is 14.2. The summed E-state index contributed by atoms with van der Waals surface area (Å²) in [7, 11) is 3.75. The van der Waals surface area contributed by atoms with Crippen molar-refractivity contribution in [1.29, 1.82) is 0 Å². The Labute approximate surface area is 149 Å². The highest BCUT2D eigenvalue weighted by atomic mass is 35.5. The first-order valence-electron chi connectivity index (χ1n) is 7.84. The van der Waals surface area contributed by atoms with Gasteiger partial charge in [-0.15, -0.1) is 0 Å². The van der Waals surface area contributed by atoms with Crippen LogP contribution in [0.25, 0.3) is 0 Å². The van der Waals surface area contributed by atoms with Gasteiger partial charge in [-0.25, -0.2) is 9.97 Å². The Balaban J connectivity index is 0.000000701. The van der Waals surface area contributed by atoms with Crippen LogP contribution in [-0.4, -0.2) is 30.2 Å². The lowest BCUT2D eigenvalue weighted by molar-refractivity contribution is -0.180. The van der Waals surface area contributed by atoms with Gasteiger partial charge < -0.3 is 10.6 Å². The number of rotatable bonds is 2. The van der Waals surface area contributed by atoms with Crippen LogP contribution < -0.4 is 10.6 Å². The minimum Gasteiger partial charge on any atom is -0.340 e. The molecule has 0 bridgehead atoms. The molecule has 1 aliphatic heterocycles. The molecule has 0 spiro atoms. The zero-order valence-corrected chi connectivity index (χ0v) is 15.0. The minimum absolute atomic E-state index is 0.0408. The number of benzene rings is 1. The molecule has 2 N–H and O–H groups in total. The van der Waals surface area contributed by atoms with Crippen LogP contribution in [0, 0.1) is 0 Å². The summed E-state index contributed by atoms with van der Waals surface area (Å²) in [5.74, 6) is 0.190. The fraction of sp³-hybridized carbons (Fsp3) is 0.412. The molecule has 1 aromatic carbocycles. The number of anilines is 2. The molecule has 1 unspecified atom stereocenters. The van der Waals surface area contributed by atoms with E-state index >= 15 is 0 Å². The molecular weight excluding hydrogens is 353 g/mol. The predicted molar refractivity (Wildman–Crippen MR) is 93.5 cm³/mol. The van der Waals surface area contributed by atoms with Crippen molar-refractivity contribution >= 4 is 23.1 Å². The van der Waals surface area contributed by atoms with Gasteiger partial charge in [0.05, 0.1) is 0 Å². The lowest BCUT2D eigenvalue weighted by Gasteiger charge is -2.41. The predicted octanol–water partition coefficient (Wildman–Crippen LogP) is 4.67. The van der Waals surface area contributed by atoms with Crippen molar-refractivity contribution in [3.63, 3.8) is 0 Å². The number of nitrogens with zero attached hydrogens (tertiary/aromatic N) is 2. The lowest BCUT2D eigenvalue weighted by Crippen LogP contribution is -2.46. The normalized spacial score (nSPS) is 18.4. The van der Waals surface area contributed by atoms with Gasteiger partial charge in [-0.05, 0) is 44.3 Å². The summed E-state index contributed by atoms with van der Waals surface area (Å²) in [6.45, 7) is 1.73. The van der Waals surface area contributed by atoms with E-state index in [4.69, 9.17) is 11.6 Å². The Morgan fingerprint density at radius 1 is 1.24 bits per heavy atom. The molecule has 1 atom stereocenters. The standard InChI is InChI=1S/C15H13ClF3N3.C2H7N/c1-2-5-14(15(17,18)19)10-6-9(16)3-4-12(10)22-13-11(14)7-20-8-21-13;1-3-2/h3-4,6-8H,2,5H2,1H3,(H,20,21,22);3H,1-2H3. The van der Waals surface area contributed by atoms with Crippen molar-refractivity contribution in [2.75, 3.05) is 19.4 Å². The number of alkyl halides is 3. The van der Waals surface area contributed by atoms with Gasteiger partial charge in [0.15, 0.2) is 0 Å². The average molecular weight is 373 g/mol. The first-order valence-corrected chi connectivity index (χ1v) is 8.22. The van der Waals surface area contributed by atoms with E-state index in [-0.39, 0.29) is 28.4 Å². The molecule has 8 heteroatoms. The third kappa shape index (κ3) is 3.43. The molecule has 1 aliphatic rings. The maximum atomic E-state index is 14.1. The number of halogens is 4. The van der Waals surface area contributed by atoms with Crippen molar-refractivity contribution in [2.45, 2.75) is 31.4 Å². The van der Waals surface area contributed by atoms with Gasteiger partial charge in [-0.3, -0.25) is 0 Å². The SMILES string of the molecule is CCCC1(C(F)(F)F)c2cc(Cl)ccc2Nc2ncncc21.CNC. The topological polar surface area (TPSA) is 49.8 Å². The highest BCUT2D eigenvalue weighted by Gasteiger charge is 2.60.